The maximum absolute atomic E-state index is 11.7. The lowest BCUT2D eigenvalue weighted by atomic mass is 9.83. The van der Waals surface area contributed by atoms with Crippen LogP contribution in [0.15, 0.2) is 52.4 Å². The van der Waals surface area contributed by atoms with Crippen LogP contribution in [0, 0.1) is 12.3 Å². The summed E-state index contributed by atoms with van der Waals surface area (Å²) in [5, 5.41) is 14.1. The average Bonchev–Trinajstić information content (AvgIpc) is 3.79. The van der Waals surface area contributed by atoms with Crippen LogP contribution in [0.5, 0.6) is 5.75 Å². The summed E-state index contributed by atoms with van der Waals surface area (Å²) >= 11 is 5.61. The van der Waals surface area contributed by atoms with Gasteiger partial charge in [0.25, 0.3) is 6.47 Å². The summed E-state index contributed by atoms with van der Waals surface area (Å²) in [5.74, 6) is 3.75. The summed E-state index contributed by atoms with van der Waals surface area (Å²) < 4.78 is 10.4. The van der Waals surface area contributed by atoms with Gasteiger partial charge in [-0.25, -0.2) is 0 Å². The van der Waals surface area contributed by atoms with E-state index < -0.39 is 6.10 Å². The van der Waals surface area contributed by atoms with Gasteiger partial charge in [-0.2, -0.15) is 0 Å². The number of benzene rings is 2. The Kier molecular flexibility index (Phi) is 15.4. The van der Waals surface area contributed by atoms with Gasteiger partial charge in [-0.05, 0) is 57.9 Å². The third-order valence-corrected chi connectivity index (χ3v) is 13.3. The molecule has 2 aromatic rings. The third-order valence-electron chi connectivity index (χ3n) is 8.97. The van der Waals surface area contributed by atoms with Gasteiger partial charge in [0.2, 0.25) is 0 Å². The molecule has 0 bridgehead atoms. The van der Waals surface area contributed by atoms with Gasteiger partial charge in [-0.15, -0.1) is 35.3 Å². The van der Waals surface area contributed by atoms with Crippen LogP contribution < -0.4 is 4.74 Å². The van der Waals surface area contributed by atoms with E-state index in [0.29, 0.717) is 13.1 Å². The number of aliphatic imine (C=N–C) groups is 2. The zero-order valence-corrected chi connectivity index (χ0v) is 31.8. The highest BCUT2D eigenvalue weighted by Gasteiger charge is 2.48. The van der Waals surface area contributed by atoms with Crippen molar-refractivity contribution < 1.29 is 19.4 Å². The normalized spacial score (nSPS) is 22.6. The molecule has 4 atom stereocenters. The van der Waals surface area contributed by atoms with Crippen molar-refractivity contribution in [2.24, 2.45) is 15.4 Å². The van der Waals surface area contributed by atoms with E-state index in [2.05, 4.69) is 101 Å². The first-order valence-corrected chi connectivity index (χ1v) is 19.7. The highest BCUT2D eigenvalue weighted by Crippen LogP contribution is 2.44. The van der Waals surface area contributed by atoms with Crippen molar-refractivity contribution in [3.63, 3.8) is 0 Å². The number of likely N-dealkylation sites (N-methyl/N-ethyl adjacent to an activating group) is 1. The molecule has 1 N–H and O–H groups in total. The molecule has 4 unspecified atom stereocenters. The van der Waals surface area contributed by atoms with E-state index in [1.54, 1.807) is 0 Å². The summed E-state index contributed by atoms with van der Waals surface area (Å²) in [7, 11) is 3.49. The minimum Gasteiger partial charge on any atom is -0.488 e. The highest BCUT2D eigenvalue weighted by molar-refractivity contribution is 8.15. The van der Waals surface area contributed by atoms with E-state index in [1.807, 2.05) is 35.3 Å². The van der Waals surface area contributed by atoms with Gasteiger partial charge in [0.05, 0.1) is 40.8 Å². The van der Waals surface area contributed by atoms with Crippen LogP contribution >= 0.6 is 35.3 Å². The number of carbonyl (C=O) groups excluding carboxylic acids is 1. The quantitative estimate of drug-likeness (QED) is 0.164. The minimum atomic E-state index is -0.492. The lowest BCUT2D eigenvalue weighted by Gasteiger charge is -2.38. The predicted octanol–water partition coefficient (Wildman–Crippen LogP) is 8.28. The van der Waals surface area contributed by atoms with Crippen LogP contribution in [0.1, 0.15) is 83.6 Å². The summed E-state index contributed by atoms with van der Waals surface area (Å²) in [5.41, 5.74) is 4.51. The van der Waals surface area contributed by atoms with Crippen LogP contribution in [0.25, 0.3) is 0 Å². The largest absolute Gasteiger partial charge is 0.488 e. The first-order valence-electron chi connectivity index (χ1n) is 16.6. The molecular weight excluding hydrogens is 659 g/mol. The van der Waals surface area contributed by atoms with Gasteiger partial charge in [-0.1, -0.05) is 83.0 Å². The van der Waals surface area contributed by atoms with Crippen LogP contribution in [0.3, 0.4) is 0 Å². The molecule has 0 saturated carbocycles. The maximum atomic E-state index is 11.7. The Bertz CT molecular complexity index is 1400. The van der Waals surface area contributed by atoms with Crippen LogP contribution in [0.2, 0.25) is 0 Å². The summed E-state index contributed by atoms with van der Waals surface area (Å²) in [6, 6.07) is 15.3. The van der Waals surface area contributed by atoms with E-state index in [-0.39, 0.29) is 35.8 Å². The molecule has 3 heterocycles. The molecule has 0 amide bonds. The topological polar surface area (TPSA) is 83.7 Å². The molecule has 3 aliphatic heterocycles. The number of unbranched alkanes of at least 4 members (excludes halogenated alkanes) is 2. The monoisotopic (exact) mass is 715 g/mol. The maximum Gasteiger partial charge on any atom is 0.292 e. The summed E-state index contributed by atoms with van der Waals surface area (Å²) in [6.45, 7) is 14.0. The van der Waals surface area contributed by atoms with Gasteiger partial charge in [0.1, 0.15) is 17.4 Å². The minimum absolute atomic E-state index is 0. The number of nitrogens with zero attached hydrogens (tertiary/aromatic N) is 3. The van der Waals surface area contributed by atoms with Gasteiger partial charge in [-0.3, -0.25) is 19.7 Å². The molecule has 5 rings (SSSR count). The van der Waals surface area contributed by atoms with E-state index in [0.717, 1.165) is 39.5 Å². The second-order valence-electron chi connectivity index (χ2n) is 13.8. The molecule has 0 aromatic heterocycles. The van der Waals surface area contributed by atoms with Crippen LogP contribution in [-0.2, 0) is 22.6 Å². The molecule has 0 spiro atoms. The molecule has 2 aromatic carbocycles. The second-order valence-corrected chi connectivity index (χ2v) is 16.9. The van der Waals surface area contributed by atoms with Gasteiger partial charge in [0, 0.05) is 28.7 Å². The zero-order valence-electron chi connectivity index (χ0n) is 29.3. The van der Waals surface area contributed by atoms with Crippen LogP contribution in [-0.4, -0.2) is 87.1 Å². The van der Waals surface area contributed by atoms with Crippen LogP contribution in [0.4, 0.5) is 0 Å². The lowest BCUT2D eigenvalue weighted by Crippen LogP contribution is -2.51. The van der Waals surface area contributed by atoms with Crippen molar-refractivity contribution in [2.75, 3.05) is 31.4 Å². The van der Waals surface area contributed by atoms with Crippen molar-refractivity contribution >= 4 is 51.8 Å². The molecular formula is C38H57N3O4S3. The van der Waals surface area contributed by atoms with Crippen molar-refractivity contribution in [1.29, 1.82) is 0 Å². The first kappa shape index (κ1) is 40.4. The Balaban J connectivity index is 0.00000118. The Morgan fingerprint density at radius 2 is 1.83 bits per heavy atom. The number of carbonyl (C=O) groups is 1. The number of ether oxygens (including phenoxy) is 2. The Hall–Kier alpha value is -1.98. The van der Waals surface area contributed by atoms with Gasteiger partial charge >= 0.3 is 0 Å². The van der Waals surface area contributed by atoms with E-state index >= 15 is 0 Å². The molecule has 0 aliphatic carbocycles. The average molecular weight is 716 g/mol. The molecule has 1 fully saturated rings. The fraction of sp³-hybridized carbons (Fsp3) is 0.605. The summed E-state index contributed by atoms with van der Waals surface area (Å²) in [4.78, 5) is 21.7. The molecule has 48 heavy (non-hydrogen) atoms. The van der Waals surface area contributed by atoms with E-state index in [9.17, 15) is 5.11 Å². The SMILES string of the molecule is C.CCCCCc1cccc(OCc2ccc(C)cc2)c1C1=NC(C2SCC(C(O)C(C)(C)C3=NC(C)(C)CS3)N2C)CS1.COC=O. The predicted molar refractivity (Wildman–Crippen MR) is 209 cm³/mol. The lowest BCUT2D eigenvalue weighted by molar-refractivity contribution is -0.126. The standard InChI is InChI=1S/C35H49N3O2S3.C2H4O2.CH4/c1-8-9-10-12-25-13-11-14-28(40-19-24-17-15-23(2)16-18-24)29(25)31-36-26(20-41-31)32-38(7)27(21-42-32)30(39)35(5,6)33-37-34(3,4)22-43-33;1-4-2-3;/h11,13-18,26-27,30,32,39H,8-10,12,19-22H2,1-7H3;2H,1H3;1H4. The second kappa shape index (κ2) is 18.3. The molecule has 1 saturated heterocycles. The molecule has 7 nitrogen and oxygen atoms in total. The Morgan fingerprint density at radius 3 is 2.46 bits per heavy atom. The molecule has 266 valence electrons. The smallest absolute Gasteiger partial charge is 0.292 e. The molecule has 10 heteroatoms. The number of rotatable bonds is 13. The number of aryl methyl sites for hydroxylation is 2. The number of thioether (sulfide) groups is 3. The van der Waals surface area contributed by atoms with Crippen molar-refractivity contribution in [3.8, 4) is 5.75 Å². The fourth-order valence-electron chi connectivity index (χ4n) is 6.07. The highest BCUT2D eigenvalue weighted by atomic mass is 32.2. The number of aliphatic hydroxyl groups is 1. The van der Waals surface area contributed by atoms with Gasteiger partial charge < -0.3 is 14.6 Å². The first-order chi connectivity index (χ1) is 22.4. The molecule has 0 radical (unpaired) electrons. The Morgan fingerprint density at radius 1 is 1.12 bits per heavy atom. The number of aliphatic hydroxyl groups excluding tert-OH is 1. The zero-order chi connectivity index (χ0) is 34.2. The van der Waals surface area contributed by atoms with Crippen molar-refractivity contribution in [1.82, 2.24) is 4.90 Å². The molecule has 3 aliphatic rings. The van der Waals surface area contributed by atoms with E-state index in [4.69, 9.17) is 19.5 Å². The van der Waals surface area contributed by atoms with Crippen molar-refractivity contribution in [2.45, 2.75) is 110 Å². The van der Waals surface area contributed by atoms with E-state index in [1.165, 1.54) is 48.6 Å². The number of hydrogen-bond donors (Lipinski definition) is 1. The van der Waals surface area contributed by atoms with Gasteiger partial charge in [0.15, 0.2) is 0 Å². The van der Waals surface area contributed by atoms with Crippen molar-refractivity contribution in [3.05, 3.63) is 64.7 Å². The third kappa shape index (κ3) is 10.1. The number of methoxy groups -OCH3 is 1. The summed E-state index contributed by atoms with van der Waals surface area (Å²) in [6.07, 6.45) is 4.14. The fourth-order valence-corrected chi connectivity index (χ4v) is 10.3. The number of hydrogen-bond acceptors (Lipinski definition) is 10. The Labute approximate surface area is 302 Å².